The fourth-order valence-electron chi connectivity index (χ4n) is 4.66. The molecule has 1 aromatic carbocycles. The Labute approximate surface area is 182 Å². The van der Waals surface area contributed by atoms with Crippen LogP contribution in [0.4, 0.5) is 5.69 Å². The molecule has 3 N–H and O–H groups in total. The van der Waals surface area contributed by atoms with Crippen molar-refractivity contribution in [1.29, 1.82) is 0 Å². The number of benzene rings is 1. The number of nitrogens with two attached hydrogens (primary N) is 1. The summed E-state index contributed by atoms with van der Waals surface area (Å²) in [5.41, 5.74) is 10.7. The number of aryl methyl sites for hydroxylation is 1. The lowest BCUT2D eigenvalue weighted by atomic mass is 10.00. The fourth-order valence-corrected chi connectivity index (χ4v) is 4.66. The van der Waals surface area contributed by atoms with Crippen LogP contribution in [0.3, 0.4) is 0 Å². The summed E-state index contributed by atoms with van der Waals surface area (Å²) >= 11 is 0. The molecule has 7 heteroatoms. The number of hydrogen-bond acceptors (Lipinski definition) is 5. The van der Waals surface area contributed by atoms with E-state index in [0.717, 1.165) is 40.7 Å². The highest BCUT2D eigenvalue weighted by Gasteiger charge is 2.35. The average Bonchev–Trinajstić information content (AvgIpc) is 3.46. The van der Waals surface area contributed by atoms with Gasteiger partial charge in [0.15, 0.2) is 0 Å². The summed E-state index contributed by atoms with van der Waals surface area (Å²) in [4.78, 5) is 20.0. The van der Waals surface area contributed by atoms with Crippen molar-refractivity contribution in [2.75, 3.05) is 18.0 Å². The Bertz CT molecular complexity index is 1150. The molecule has 3 aromatic rings. The first-order valence-electron chi connectivity index (χ1n) is 11.1. The van der Waals surface area contributed by atoms with Gasteiger partial charge in [0.25, 0.3) is 5.91 Å². The topological polar surface area (TPSA) is 89.1 Å². The number of fused-ring (bicyclic) bond motifs is 1. The zero-order chi connectivity index (χ0) is 21.8. The van der Waals surface area contributed by atoms with Gasteiger partial charge in [0.2, 0.25) is 0 Å². The maximum Gasteiger partial charge on any atom is 0.255 e. The number of hydrogen-bond donors (Lipinski definition) is 2. The molecule has 31 heavy (non-hydrogen) atoms. The van der Waals surface area contributed by atoms with Crippen molar-refractivity contribution in [2.45, 2.75) is 44.7 Å². The van der Waals surface area contributed by atoms with Gasteiger partial charge >= 0.3 is 0 Å². The Hall–Kier alpha value is -2.93. The van der Waals surface area contributed by atoms with Crippen molar-refractivity contribution >= 4 is 22.5 Å². The van der Waals surface area contributed by atoms with E-state index < -0.39 is 0 Å². The zero-order valence-electron chi connectivity index (χ0n) is 18.4. The normalized spacial score (nSPS) is 22.1. The number of aromatic nitrogens is 3. The van der Waals surface area contributed by atoms with Crippen LogP contribution in [-0.4, -0.2) is 45.3 Å². The minimum absolute atomic E-state index is 0.0593. The predicted molar refractivity (Wildman–Crippen MR) is 123 cm³/mol. The number of amides is 1. The summed E-state index contributed by atoms with van der Waals surface area (Å²) in [6.45, 7) is 5.69. The smallest absolute Gasteiger partial charge is 0.255 e. The third-order valence-electron chi connectivity index (χ3n) is 6.73. The SMILES string of the molecule is C[C@H](NC(=O)c1cncc(-c2ccc3cnn(C)c3c2)c1N1CC[C@](C)(N)C1)C1CC1. The summed E-state index contributed by atoms with van der Waals surface area (Å²) < 4.78 is 1.87. The van der Waals surface area contributed by atoms with Gasteiger partial charge in [-0.3, -0.25) is 14.5 Å². The third kappa shape index (κ3) is 3.78. The van der Waals surface area contributed by atoms with E-state index in [9.17, 15) is 4.79 Å². The lowest BCUT2D eigenvalue weighted by Gasteiger charge is -2.27. The largest absolute Gasteiger partial charge is 0.368 e. The van der Waals surface area contributed by atoms with Crippen LogP contribution in [0.15, 0.2) is 36.8 Å². The molecule has 5 rings (SSSR count). The van der Waals surface area contributed by atoms with Crippen LogP contribution in [0.5, 0.6) is 0 Å². The highest BCUT2D eigenvalue weighted by atomic mass is 16.1. The van der Waals surface area contributed by atoms with Crippen molar-refractivity contribution in [1.82, 2.24) is 20.1 Å². The van der Waals surface area contributed by atoms with Crippen LogP contribution < -0.4 is 16.0 Å². The molecule has 1 saturated carbocycles. The van der Waals surface area contributed by atoms with Crippen LogP contribution in [0.2, 0.25) is 0 Å². The molecule has 162 valence electrons. The molecule has 1 aliphatic heterocycles. The quantitative estimate of drug-likeness (QED) is 0.665. The van der Waals surface area contributed by atoms with E-state index in [0.29, 0.717) is 18.0 Å². The molecular formula is C24H30N6O. The average molecular weight is 419 g/mol. The van der Waals surface area contributed by atoms with E-state index in [-0.39, 0.29) is 17.5 Å². The third-order valence-corrected chi connectivity index (χ3v) is 6.73. The molecule has 3 heterocycles. The summed E-state index contributed by atoms with van der Waals surface area (Å²) in [5, 5.41) is 8.65. The number of nitrogens with zero attached hydrogens (tertiary/aromatic N) is 4. The minimum atomic E-state index is -0.276. The highest BCUT2D eigenvalue weighted by Crippen LogP contribution is 2.38. The van der Waals surface area contributed by atoms with Crippen molar-refractivity contribution < 1.29 is 4.79 Å². The molecule has 1 amide bonds. The summed E-state index contributed by atoms with van der Waals surface area (Å²) in [6.07, 6.45) is 8.68. The maximum absolute atomic E-state index is 13.3. The molecular weight excluding hydrogens is 388 g/mol. The second-order valence-corrected chi connectivity index (χ2v) is 9.55. The maximum atomic E-state index is 13.3. The Kier molecular flexibility index (Phi) is 4.73. The van der Waals surface area contributed by atoms with Crippen LogP contribution >= 0.6 is 0 Å². The van der Waals surface area contributed by atoms with Crippen molar-refractivity contribution in [3.8, 4) is 11.1 Å². The van der Waals surface area contributed by atoms with Gasteiger partial charge in [0.05, 0.1) is 23.0 Å². The summed E-state index contributed by atoms with van der Waals surface area (Å²) in [6, 6.07) is 6.44. The van der Waals surface area contributed by atoms with Crippen LogP contribution in [0, 0.1) is 5.92 Å². The number of nitrogens with one attached hydrogen (secondary N) is 1. The minimum Gasteiger partial charge on any atom is -0.368 e. The van der Waals surface area contributed by atoms with Gasteiger partial charge in [-0.15, -0.1) is 0 Å². The molecule has 2 atom stereocenters. The molecule has 2 fully saturated rings. The Morgan fingerprint density at radius 1 is 1.29 bits per heavy atom. The summed E-state index contributed by atoms with van der Waals surface area (Å²) in [7, 11) is 1.94. The van der Waals surface area contributed by atoms with E-state index in [4.69, 9.17) is 5.73 Å². The first-order chi connectivity index (χ1) is 14.8. The van der Waals surface area contributed by atoms with Crippen LogP contribution in [-0.2, 0) is 7.05 Å². The van der Waals surface area contributed by atoms with E-state index >= 15 is 0 Å². The van der Waals surface area contributed by atoms with Gasteiger partial charge in [0, 0.05) is 55.1 Å². The first kappa shape index (κ1) is 20.0. The lowest BCUT2D eigenvalue weighted by Crippen LogP contribution is -2.40. The molecule has 2 aliphatic rings. The Morgan fingerprint density at radius 2 is 2.10 bits per heavy atom. The first-order valence-corrected chi connectivity index (χ1v) is 11.1. The summed E-state index contributed by atoms with van der Waals surface area (Å²) in [5.74, 6) is 0.533. The monoisotopic (exact) mass is 418 g/mol. The van der Waals surface area contributed by atoms with Crippen molar-refractivity contribution in [3.63, 3.8) is 0 Å². The standard InChI is InChI=1S/C24H30N6O/c1-15(16-4-5-16)28-23(31)20-13-26-12-19(22(20)30-9-8-24(2,25)14-30)17-6-7-18-11-27-29(3)21(18)10-17/h6-7,10-13,15-16H,4-5,8-9,14,25H2,1-3H3,(H,28,31)/t15-,24-/m0/s1. The molecule has 0 unspecified atom stereocenters. The number of rotatable bonds is 5. The second kappa shape index (κ2) is 7.34. The van der Waals surface area contributed by atoms with Gasteiger partial charge in [0.1, 0.15) is 0 Å². The zero-order valence-corrected chi connectivity index (χ0v) is 18.4. The predicted octanol–water partition coefficient (Wildman–Crippen LogP) is 3.09. The van der Waals surface area contributed by atoms with E-state index in [1.807, 2.05) is 24.1 Å². The molecule has 2 aromatic heterocycles. The molecule has 1 saturated heterocycles. The molecule has 0 radical (unpaired) electrons. The number of carbonyl (C=O) groups excluding carboxylic acids is 1. The Morgan fingerprint density at radius 3 is 2.81 bits per heavy atom. The van der Waals surface area contributed by atoms with E-state index in [1.54, 1.807) is 6.20 Å². The Balaban J connectivity index is 1.61. The second-order valence-electron chi connectivity index (χ2n) is 9.55. The van der Waals surface area contributed by atoms with Gasteiger partial charge in [-0.1, -0.05) is 12.1 Å². The molecule has 0 spiro atoms. The highest BCUT2D eigenvalue weighted by molar-refractivity contribution is 6.03. The van der Waals surface area contributed by atoms with Gasteiger partial charge < -0.3 is 16.0 Å². The van der Waals surface area contributed by atoms with Crippen molar-refractivity contribution in [3.05, 3.63) is 42.4 Å². The number of pyridine rings is 1. The van der Waals surface area contributed by atoms with Gasteiger partial charge in [-0.05, 0) is 50.7 Å². The van der Waals surface area contributed by atoms with E-state index in [1.165, 1.54) is 12.8 Å². The molecule has 0 bridgehead atoms. The molecule has 7 nitrogen and oxygen atoms in total. The molecule has 1 aliphatic carbocycles. The van der Waals surface area contributed by atoms with Crippen LogP contribution in [0.1, 0.15) is 43.5 Å². The number of anilines is 1. The van der Waals surface area contributed by atoms with Crippen molar-refractivity contribution in [2.24, 2.45) is 18.7 Å². The van der Waals surface area contributed by atoms with Crippen LogP contribution in [0.25, 0.3) is 22.0 Å². The lowest BCUT2D eigenvalue weighted by molar-refractivity contribution is 0.0936. The van der Waals surface area contributed by atoms with Gasteiger partial charge in [-0.2, -0.15) is 5.10 Å². The van der Waals surface area contributed by atoms with Gasteiger partial charge in [-0.25, -0.2) is 0 Å². The fraction of sp³-hybridized carbons (Fsp3) is 0.458. The van der Waals surface area contributed by atoms with E-state index in [2.05, 4.69) is 52.3 Å². The number of carbonyl (C=O) groups is 1.